The number of benzene rings is 1. The fourth-order valence-corrected chi connectivity index (χ4v) is 2.76. The molecule has 2 unspecified atom stereocenters. The minimum atomic E-state index is 0.346. The van der Waals surface area contributed by atoms with Gasteiger partial charge in [-0.2, -0.15) is 5.10 Å². The van der Waals surface area contributed by atoms with Crippen LogP contribution in [0, 0.1) is 0 Å². The monoisotopic (exact) mass is 257 g/mol. The van der Waals surface area contributed by atoms with E-state index in [1.807, 2.05) is 37.1 Å². The second kappa shape index (κ2) is 5.05. The van der Waals surface area contributed by atoms with Gasteiger partial charge in [0.1, 0.15) is 5.75 Å². The number of ether oxygens (including phenoxy) is 1. The summed E-state index contributed by atoms with van der Waals surface area (Å²) in [6.07, 6.45) is 2.90. The maximum absolute atomic E-state index is 5.77. The van der Waals surface area contributed by atoms with Gasteiger partial charge in [0.15, 0.2) is 0 Å². The largest absolute Gasteiger partial charge is 0.493 e. The number of hydrogen-bond donors (Lipinski definition) is 1. The van der Waals surface area contributed by atoms with Gasteiger partial charge < -0.3 is 10.1 Å². The maximum atomic E-state index is 5.77. The molecule has 3 rings (SSSR count). The zero-order valence-electron chi connectivity index (χ0n) is 11.3. The van der Waals surface area contributed by atoms with Crippen molar-refractivity contribution in [2.75, 3.05) is 13.7 Å². The summed E-state index contributed by atoms with van der Waals surface area (Å²) in [6.45, 7) is 0.748. The van der Waals surface area contributed by atoms with E-state index in [1.165, 1.54) is 5.56 Å². The molecule has 0 fully saturated rings. The SMILES string of the molecule is CNC(Cc1ccn(C)n1)C1COc2ccccc21. The molecule has 19 heavy (non-hydrogen) atoms. The third-order valence-corrected chi connectivity index (χ3v) is 3.79. The first-order chi connectivity index (χ1) is 9.28. The zero-order chi connectivity index (χ0) is 13.2. The number of nitrogens with one attached hydrogen (secondary N) is 1. The molecule has 1 aliphatic rings. The van der Waals surface area contributed by atoms with Crippen molar-refractivity contribution in [2.45, 2.75) is 18.4 Å². The smallest absolute Gasteiger partial charge is 0.122 e. The second-order valence-electron chi connectivity index (χ2n) is 5.04. The van der Waals surface area contributed by atoms with Crippen molar-refractivity contribution in [3.05, 3.63) is 47.8 Å². The normalized spacial score (nSPS) is 18.9. The number of para-hydroxylation sites is 1. The van der Waals surface area contributed by atoms with Gasteiger partial charge in [0, 0.05) is 37.2 Å². The van der Waals surface area contributed by atoms with Crippen LogP contribution in [0.4, 0.5) is 0 Å². The van der Waals surface area contributed by atoms with Gasteiger partial charge in [-0.15, -0.1) is 0 Å². The Kier molecular flexibility index (Phi) is 3.25. The maximum Gasteiger partial charge on any atom is 0.122 e. The summed E-state index contributed by atoms with van der Waals surface area (Å²) in [5.74, 6) is 1.41. The number of likely N-dealkylation sites (N-methyl/N-ethyl adjacent to an activating group) is 1. The Hall–Kier alpha value is -1.81. The van der Waals surface area contributed by atoms with Crippen LogP contribution < -0.4 is 10.1 Å². The topological polar surface area (TPSA) is 39.1 Å². The third kappa shape index (κ3) is 2.36. The Bertz CT molecular complexity index is 564. The molecule has 1 aromatic carbocycles. The van der Waals surface area contributed by atoms with E-state index < -0.39 is 0 Å². The molecular weight excluding hydrogens is 238 g/mol. The molecule has 1 aromatic heterocycles. The van der Waals surface area contributed by atoms with Crippen molar-refractivity contribution >= 4 is 0 Å². The van der Waals surface area contributed by atoms with E-state index in [9.17, 15) is 0 Å². The number of hydrogen-bond acceptors (Lipinski definition) is 3. The molecule has 0 spiro atoms. The van der Waals surface area contributed by atoms with Crippen LogP contribution in [0.1, 0.15) is 17.2 Å². The third-order valence-electron chi connectivity index (χ3n) is 3.79. The predicted molar refractivity (Wildman–Crippen MR) is 74.4 cm³/mol. The van der Waals surface area contributed by atoms with Crippen molar-refractivity contribution in [2.24, 2.45) is 7.05 Å². The molecule has 1 N–H and O–H groups in total. The lowest BCUT2D eigenvalue weighted by molar-refractivity contribution is 0.301. The van der Waals surface area contributed by atoms with Gasteiger partial charge >= 0.3 is 0 Å². The van der Waals surface area contributed by atoms with Gasteiger partial charge in [0.25, 0.3) is 0 Å². The lowest BCUT2D eigenvalue weighted by Crippen LogP contribution is -2.35. The van der Waals surface area contributed by atoms with E-state index in [4.69, 9.17) is 4.74 Å². The molecule has 2 atom stereocenters. The fourth-order valence-electron chi connectivity index (χ4n) is 2.76. The lowest BCUT2D eigenvalue weighted by Gasteiger charge is -2.21. The predicted octanol–water partition coefficient (Wildman–Crippen LogP) is 1.73. The lowest BCUT2D eigenvalue weighted by atomic mass is 9.90. The van der Waals surface area contributed by atoms with Crippen LogP contribution in [-0.4, -0.2) is 29.5 Å². The van der Waals surface area contributed by atoms with E-state index in [1.54, 1.807) is 0 Å². The molecule has 2 heterocycles. The summed E-state index contributed by atoms with van der Waals surface area (Å²) in [7, 11) is 3.96. The fraction of sp³-hybridized carbons (Fsp3) is 0.400. The Morgan fingerprint density at radius 1 is 1.42 bits per heavy atom. The van der Waals surface area contributed by atoms with Crippen LogP contribution in [0.2, 0.25) is 0 Å². The van der Waals surface area contributed by atoms with E-state index in [0.717, 1.165) is 24.5 Å². The summed E-state index contributed by atoms with van der Waals surface area (Å²) in [4.78, 5) is 0. The number of rotatable bonds is 4. The molecule has 0 aliphatic carbocycles. The standard InChI is InChI=1S/C15H19N3O/c1-16-14(9-11-7-8-18(2)17-11)13-10-19-15-6-4-3-5-12(13)15/h3-8,13-14,16H,9-10H2,1-2H3. The van der Waals surface area contributed by atoms with Crippen LogP contribution in [0.15, 0.2) is 36.5 Å². The molecule has 4 heteroatoms. The van der Waals surface area contributed by atoms with E-state index in [0.29, 0.717) is 12.0 Å². The number of aryl methyl sites for hydroxylation is 1. The van der Waals surface area contributed by atoms with Crippen LogP contribution >= 0.6 is 0 Å². The average molecular weight is 257 g/mol. The van der Waals surface area contributed by atoms with Crippen LogP contribution in [0.25, 0.3) is 0 Å². The minimum absolute atomic E-state index is 0.346. The number of fused-ring (bicyclic) bond motifs is 1. The molecule has 0 amide bonds. The van der Waals surface area contributed by atoms with Crippen LogP contribution in [-0.2, 0) is 13.5 Å². The highest BCUT2D eigenvalue weighted by Gasteiger charge is 2.30. The molecule has 0 radical (unpaired) electrons. The van der Waals surface area contributed by atoms with Gasteiger partial charge in [-0.25, -0.2) is 0 Å². The number of aromatic nitrogens is 2. The van der Waals surface area contributed by atoms with Crippen molar-refractivity contribution in [1.82, 2.24) is 15.1 Å². The quantitative estimate of drug-likeness (QED) is 0.906. The minimum Gasteiger partial charge on any atom is -0.493 e. The summed E-state index contributed by atoms with van der Waals surface area (Å²) in [6, 6.07) is 10.7. The average Bonchev–Trinajstić information content (AvgIpc) is 3.02. The van der Waals surface area contributed by atoms with Crippen molar-refractivity contribution < 1.29 is 4.74 Å². The first-order valence-electron chi connectivity index (χ1n) is 6.65. The van der Waals surface area contributed by atoms with Crippen molar-refractivity contribution in [3.8, 4) is 5.75 Å². The summed E-state index contributed by atoms with van der Waals surface area (Å²) in [5, 5.41) is 7.88. The van der Waals surface area contributed by atoms with Gasteiger partial charge in [-0.05, 0) is 19.2 Å². The highest BCUT2D eigenvalue weighted by atomic mass is 16.5. The Morgan fingerprint density at radius 3 is 3.00 bits per heavy atom. The molecule has 0 bridgehead atoms. The van der Waals surface area contributed by atoms with Crippen molar-refractivity contribution in [1.29, 1.82) is 0 Å². The first-order valence-corrected chi connectivity index (χ1v) is 6.65. The molecule has 4 nitrogen and oxygen atoms in total. The van der Waals surface area contributed by atoms with E-state index in [2.05, 4.69) is 28.6 Å². The summed E-state index contributed by atoms with van der Waals surface area (Å²) in [5.41, 5.74) is 2.42. The molecule has 0 saturated heterocycles. The second-order valence-corrected chi connectivity index (χ2v) is 5.04. The Labute approximate surface area is 113 Å². The molecular formula is C15H19N3O. The Morgan fingerprint density at radius 2 is 2.26 bits per heavy atom. The van der Waals surface area contributed by atoms with Crippen LogP contribution in [0.5, 0.6) is 5.75 Å². The molecule has 1 aliphatic heterocycles. The summed E-state index contributed by atoms with van der Waals surface area (Å²) >= 11 is 0. The first kappa shape index (κ1) is 12.2. The van der Waals surface area contributed by atoms with Crippen LogP contribution in [0.3, 0.4) is 0 Å². The highest BCUT2D eigenvalue weighted by molar-refractivity contribution is 5.40. The van der Waals surface area contributed by atoms with Gasteiger partial charge in [0.2, 0.25) is 0 Å². The van der Waals surface area contributed by atoms with Gasteiger partial charge in [0.05, 0.1) is 12.3 Å². The molecule has 100 valence electrons. The summed E-state index contributed by atoms with van der Waals surface area (Å²) < 4.78 is 7.62. The van der Waals surface area contributed by atoms with Crippen molar-refractivity contribution in [3.63, 3.8) is 0 Å². The zero-order valence-corrected chi connectivity index (χ0v) is 11.3. The van der Waals surface area contributed by atoms with Gasteiger partial charge in [-0.1, -0.05) is 18.2 Å². The molecule has 0 saturated carbocycles. The molecule has 2 aromatic rings. The van der Waals surface area contributed by atoms with Gasteiger partial charge in [-0.3, -0.25) is 4.68 Å². The van der Waals surface area contributed by atoms with E-state index >= 15 is 0 Å². The van der Waals surface area contributed by atoms with E-state index in [-0.39, 0.29) is 0 Å². The highest BCUT2D eigenvalue weighted by Crippen LogP contribution is 2.36. The Balaban J connectivity index is 1.80. The number of nitrogens with zero attached hydrogens (tertiary/aromatic N) is 2.